The molecule has 0 radical (unpaired) electrons. The third-order valence-corrected chi connectivity index (χ3v) is 4.38. The number of rotatable bonds is 5. The third kappa shape index (κ3) is 4.51. The van der Waals surface area contributed by atoms with Crippen LogP contribution in [-0.2, 0) is 14.3 Å². The molecule has 2 unspecified atom stereocenters. The minimum atomic E-state index is -3.28. The average molecular weight is 234 g/mol. The second kappa shape index (κ2) is 5.85. The number of unbranched alkanes of at least 4 members (excludes halogenated alkanes) is 1. The molecule has 1 saturated carbocycles. The summed E-state index contributed by atoms with van der Waals surface area (Å²) in [6.45, 7) is 4.07. The van der Waals surface area contributed by atoms with Crippen molar-refractivity contribution >= 4 is 10.1 Å². The summed E-state index contributed by atoms with van der Waals surface area (Å²) in [6, 6.07) is 0. The van der Waals surface area contributed by atoms with Gasteiger partial charge in [-0.05, 0) is 25.2 Å². The van der Waals surface area contributed by atoms with E-state index < -0.39 is 10.1 Å². The number of hydrogen-bond donors (Lipinski definition) is 0. The van der Waals surface area contributed by atoms with E-state index in [-0.39, 0.29) is 11.9 Å². The van der Waals surface area contributed by atoms with Crippen LogP contribution in [0.25, 0.3) is 0 Å². The summed E-state index contributed by atoms with van der Waals surface area (Å²) in [7, 11) is -3.28. The molecule has 1 aliphatic rings. The standard InChI is InChI=1S/C11H22O3S/c1-3-4-9-15(12,13)14-11-8-6-5-7-10(11)2/h10-11H,3-9H2,1-2H3. The average Bonchev–Trinajstić information content (AvgIpc) is 2.18. The Balaban J connectivity index is 2.44. The first-order chi connectivity index (χ1) is 7.05. The summed E-state index contributed by atoms with van der Waals surface area (Å²) >= 11 is 0. The molecule has 0 aromatic rings. The lowest BCUT2D eigenvalue weighted by Gasteiger charge is -2.27. The highest BCUT2D eigenvalue weighted by Crippen LogP contribution is 2.27. The summed E-state index contributed by atoms with van der Waals surface area (Å²) in [5.74, 6) is 0.558. The van der Waals surface area contributed by atoms with Crippen LogP contribution in [-0.4, -0.2) is 20.3 Å². The molecule has 0 N–H and O–H groups in total. The van der Waals surface area contributed by atoms with Crippen LogP contribution < -0.4 is 0 Å². The fourth-order valence-electron chi connectivity index (χ4n) is 1.98. The summed E-state index contributed by atoms with van der Waals surface area (Å²) in [5, 5.41) is 0. The minimum absolute atomic E-state index is 0.0689. The lowest BCUT2D eigenvalue weighted by molar-refractivity contribution is 0.109. The number of hydrogen-bond acceptors (Lipinski definition) is 3. The van der Waals surface area contributed by atoms with Crippen LogP contribution in [0.4, 0.5) is 0 Å². The quantitative estimate of drug-likeness (QED) is 0.687. The molecule has 15 heavy (non-hydrogen) atoms. The maximum Gasteiger partial charge on any atom is 0.267 e. The molecular formula is C11H22O3S. The lowest BCUT2D eigenvalue weighted by Crippen LogP contribution is -2.29. The van der Waals surface area contributed by atoms with Crippen LogP contribution in [0.3, 0.4) is 0 Å². The molecule has 0 amide bonds. The Morgan fingerprint density at radius 2 is 1.93 bits per heavy atom. The Labute approximate surface area is 93.3 Å². The van der Waals surface area contributed by atoms with Crippen molar-refractivity contribution in [3.63, 3.8) is 0 Å². The zero-order valence-corrected chi connectivity index (χ0v) is 10.6. The minimum Gasteiger partial charge on any atom is -0.266 e. The molecule has 4 heteroatoms. The van der Waals surface area contributed by atoms with Gasteiger partial charge >= 0.3 is 0 Å². The van der Waals surface area contributed by atoms with Gasteiger partial charge in [0.2, 0.25) is 0 Å². The highest BCUT2D eigenvalue weighted by atomic mass is 32.2. The van der Waals surface area contributed by atoms with E-state index in [4.69, 9.17) is 4.18 Å². The van der Waals surface area contributed by atoms with Gasteiger partial charge in [-0.2, -0.15) is 8.42 Å². The van der Waals surface area contributed by atoms with Crippen LogP contribution in [0, 0.1) is 5.92 Å². The van der Waals surface area contributed by atoms with Crippen molar-refractivity contribution in [2.75, 3.05) is 5.75 Å². The van der Waals surface area contributed by atoms with E-state index in [0.717, 1.165) is 25.7 Å². The highest BCUT2D eigenvalue weighted by Gasteiger charge is 2.26. The third-order valence-electron chi connectivity index (χ3n) is 3.05. The molecular weight excluding hydrogens is 212 g/mol. The Kier molecular flexibility index (Phi) is 5.06. The molecule has 0 aromatic heterocycles. The largest absolute Gasteiger partial charge is 0.267 e. The van der Waals surface area contributed by atoms with Gasteiger partial charge < -0.3 is 0 Å². The monoisotopic (exact) mass is 234 g/mol. The van der Waals surface area contributed by atoms with Gasteiger partial charge in [-0.25, -0.2) is 0 Å². The molecule has 1 aliphatic carbocycles. The van der Waals surface area contributed by atoms with Crippen molar-refractivity contribution in [1.82, 2.24) is 0 Å². The Bertz CT molecular complexity index is 272. The zero-order valence-electron chi connectivity index (χ0n) is 9.74. The first-order valence-electron chi connectivity index (χ1n) is 5.96. The van der Waals surface area contributed by atoms with Crippen molar-refractivity contribution in [2.24, 2.45) is 5.92 Å². The molecule has 0 aliphatic heterocycles. The Morgan fingerprint density at radius 3 is 2.53 bits per heavy atom. The van der Waals surface area contributed by atoms with Crippen molar-refractivity contribution in [3.05, 3.63) is 0 Å². The van der Waals surface area contributed by atoms with Gasteiger partial charge in [0.15, 0.2) is 0 Å². The normalized spacial score (nSPS) is 27.9. The Hall–Kier alpha value is -0.0900. The topological polar surface area (TPSA) is 43.4 Å². The van der Waals surface area contributed by atoms with E-state index in [0.29, 0.717) is 12.3 Å². The summed E-state index contributed by atoms with van der Waals surface area (Å²) in [4.78, 5) is 0. The van der Waals surface area contributed by atoms with E-state index in [1.807, 2.05) is 6.92 Å². The van der Waals surface area contributed by atoms with Gasteiger partial charge in [-0.15, -0.1) is 0 Å². The predicted octanol–water partition coefficient (Wildman–Crippen LogP) is 2.71. The zero-order chi connectivity index (χ0) is 11.3. The molecule has 0 saturated heterocycles. The summed E-state index contributed by atoms with van der Waals surface area (Å²) in [6.07, 6.45) is 5.81. The van der Waals surface area contributed by atoms with Crippen molar-refractivity contribution in [2.45, 2.75) is 58.5 Å². The molecule has 0 bridgehead atoms. The first-order valence-corrected chi connectivity index (χ1v) is 7.54. The second-order valence-corrected chi connectivity index (χ2v) is 6.23. The van der Waals surface area contributed by atoms with E-state index in [9.17, 15) is 8.42 Å². The van der Waals surface area contributed by atoms with Crippen LogP contribution in [0.1, 0.15) is 52.4 Å². The predicted molar refractivity (Wildman–Crippen MR) is 61.2 cm³/mol. The van der Waals surface area contributed by atoms with Gasteiger partial charge in [0.25, 0.3) is 10.1 Å². The van der Waals surface area contributed by atoms with Gasteiger partial charge in [0.1, 0.15) is 0 Å². The smallest absolute Gasteiger partial charge is 0.266 e. The molecule has 0 aromatic carbocycles. The Morgan fingerprint density at radius 1 is 1.27 bits per heavy atom. The van der Waals surface area contributed by atoms with Crippen molar-refractivity contribution in [1.29, 1.82) is 0 Å². The lowest BCUT2D eigenvalue weighted by atomic mass is 9.88. The van der Waals surface area contributed by atoms with Gasteiger partial charge in [-0.1, -0.05) is 33.1 Å². The molecule has 1 fully saturated rings. The fraction of sp³-hybridized carbons (Fsp3) is 1.00. The van der Waals surface area contributed by atoms with Crippen LogP contribution >= 0.6 is 0 Å². The van der Waals surface area contributed by atoms with Crippen molar-refractivity contribution < 1.29 is 12.6 Å². The first kappa shape index (κ1) is 13.0. The molecule has 90 valence electrons. The fourth-order valence-corrected chi connectivity index (χ4v) is 3.38. The second-order valence-electron chi connectivity index (χ2n) is 4.51. The molecule has 0 heterocycles. The summed E-state index contributed by atoms with van der Waals surface area (Å²) < 4.78 is 28.4. The SMILES string of the molecule is CCCCS(=O)(=O)OC1CCCCC1C. The molecule has 1 rings (SSSR count). The molecule has 0 spiro atoms. The highest BCUT2D eigenvalue weighted by molar-refractivity contribution is 7.86. The summed E-state index contributed by atoms with van der Waals surface area (Å²) in [5.41, 5.74) is 0. The van der Waals surface area contributed by atoms with Crippen LogP contribution in [0.2, 0.25) is 0 Å². The van der Waals surface area contributed by atoms with Crippen LogP contribution in [0.5, 0.6) is 0 Å². The van der Waals surface area contributed by atoms with E-state index >= 15 is 0 Å². The van der Waals surface area contributed by atoms with Crippen LogP contribution in [0.15, 0.2) is 0 Å². The van der Waals surface area contributed by atoms with E-state index in [1.54, 1.807) is 0 Å². The molecule has 2 atom stereocenters. The van der Waals surface area contributed by atoms with Gasteiger partial charge in [-0.3, -0.25) is 4.18 Å². The maximum atomic E-state index is 11.6. The molecule has 3 nitrogen and oxygen atoms in total. The maximum absolute atomic E-state index is 11.6. The van der Waals surface area contributed by atoms with Gasteiger partial charge in [0.05, 0.1) is 11.9 Å². The van der Waals surface area contributed by atoms with Crippen molar-refractivity contribution in [3.8, 4) is 0 Å². The van der Waals surface area contributed by atoms with Gasteiger partial charge in [0, 0.05) is 0 Å². The van der Waals surface area contributed by atoms with E-state index in [2.05, 4.69) is 6.92 Å². The van der Waals surface area contributed by atoms with E-state index in [1.165, 1.54) is 6.42 Å².